The molecule has 2 rings (SSSR count). The SMILES string of the molecule is CCN(C1CCC(C)(C)CC1)C1CCC(C)(C)CC1. The van der Waals surface area contributed by atoms with E-state index < -0.39 is 0 Å². The fourth-order valence-electron chi connectivity index (χ4n) is 4.25. The van der Waals surface area contributed by atoms with Crippen LogP contribution in [0.25, 0.3) is 0 Å². The summed E-state index contributed by atoms with van der Waals surface area (Å²) >= 11 is 0. The molecule has 2 aliphatic carbocycles. The first-order valence-corrected chi connectivity index (χ1v) is 8.59. The Labute approximate surface area is 121 Å². The fourth-order valence-corrected chi connectivity index (χ4v) is 4.25. The Morgan fingerprint density at radius 3 is 1.32 bits per heavy atom. The van der Waals surface area contributed by atoms with Crippen molar-refractivity contribution >= 4 is 0 Å². The van der Waals surface area contributed by atoms with E-state index in [1.54, 1.807) is 0 Å². The lowest BCUT2D eigenvalue weighted by Crippen LogP contribution is -2.47. The van der Waals surface area contributed by atoms with Crippen molar-refractivity contribution in [3.8, 4) is 0 Å². The van der Waals surface area contributed by atoms with Gasteiger partial charge >= 0.3 is 0 Å². The highest BCUT2D eigenvalue weighted by Crippen LogP contribution is 2.41. The van der Waals surface area contributed by atoms with Crippen LogP contribution in [0.3, 0.4) is 0 Å². The molecule has 0 amide bonds. The number of nitrogens with zero attached hydrogens (tertiary/aromatic N) is 1. The Bertz CT molecular complexity index is 244. The first-order chi connectivity index (χ1) is 8.83. The summed E-state index contributed by atoms with van der Waals surface area (Å²) in [4.78, 5) is 2.87. The van der Waals surface area contributed by atoms with E-state index in [9.17, 15) is 0 Å². The molecule has 0 spiro atoms. The van der Waals surface area contributed by atoms with Gasteiger partial charge < -0.3 is 0 Å². The van der Waals surface area contributed by atoms with Gasteiger partial charge in [-0.1, -0.05) is 34.6 Å². The lowest BCUT2D eigenvalue weighted by Gasteiger charge is -2.46. The largest absolute Gasteiger partial charge is 0.298 e. The van der Waals surface area contributed by atoms with Crippen molar-refractivity contribution in [3.05, 3.63) is 0 Å². The average molecular weight is 265 g/mol. The monoisotopic (exact) mass is 265 g/mol. The minimum atomic E-state index is 0.602. The van der Waals surface area contributed by atoms with E-state index in [-0.39, 0.29) is 0 Å². The zero-order valence-electron chi connectivity index (χ0n) is 14.0. The predicted molar refractivity (Wildman–Crippen MR) is 84.5 cm³/mol. The molecule has 2 aliphatic rings. The van der Waals surface area contributed by atoms with Crippen LogP contribution in [0, 0.1) is 10.8 Å². The summed E-state index contributed by atoms with van der Waals surface area (Å²) in [6.07, 6.45) is 11.4. The third-order valence-corrected chi connectivity index (χ3v) is 5.92. The zero-order valence-corrected chi connectivity index (χ0v) is 14.0. The Kier molecular flexibility index (Phi) is 4.65. The molecule has 0 aliphatic heterocycles. The number of hydrogen-bond acceptors (Lipinski definition) is 1. The molecular formula is C18H35N. The van der Waals surface area contributed by atoms with Crippen molar-refractivity contribution in [1.82, 2.24) is 4.90 Å². The summed E-state index contributed by atoms with van der Waals surface area (Å²) in [7, 11) is 0. The van der Waals surface area contributed by atoms with Crippen molar-refractivity contribution < 1.29 is 0 Å². The Morgan fingerprint density at radius 1 is 0.737 bits per heavy atom. The van der Waals surface area contributed by atoms with Crippen molar-refractivity contribution in [3.63, 3.8) is 0 Å². The molecule has 0 aromatic heterocycles. The molecule has 0 heterocycles. The van der Waals surface area contributed by atoms with Crippen LogP contribution in [0.4, 0.5) is 0 Å². The Morgan fingerprint density at radius 2 is 1.05 bits per heavy atom. The van der Waals surface area contributed by atoms with Crippen LogP contribution < -0.4 is 0 Å². The zero-order chi connectivity index (χ0) is 14.1. The molecule has 0 atom stereocenters. The third kappa shape index (κ3) is 3.97. The molecular weight excluding hydrogens is 230 g/mol. The van der Waals surface area contributed by atoms with Gasteiger partial charge in [-0.25, -0.2) is 0 Å². The molecule has 0 N–H and O–H groups in total. The van der Waals surface area contributed by atoms with Crippen molar-refractivity contribution in [2.75, 3.05) is 6.54 Å². The lowest BCUT2D eigenvalue weighted by molar-refractivity contribution is 0.0409. The minimum absolute atomic E-state index is 0.602. The maximum Gasteiger partial charge on any atom is 0.00984 e. The number of hydrogen-bond donors (Lipinski definition) is 0. The first-order valence-electron chi connectivity index (χ1n) is 8.59. The molecule has 1 heteroatoms. The van der Waals surface area contributed by atoms with Gasteiger partial charge in [0, 0.05) is 12.1 Å². The van der Waals surface area contributed by atoms with E-state index in [1.165, 1.54) is 57.9 Å². The second-order valence-corrected chi connectivity index (χ2v) is 8.62. The predicted octanol–water partition coefficient (Wildman–Crippen LogP) is 5.25. The van der Waals surface area contributed by atoms with Crippen molar-refractivity contribution in [2.45, 2.75) is 98.1 Å². The normalized spacial score (nSPS) is 28.7. The van der Waals surface area contributed by atoms with Gasteiger partial charge in [-0.3, -0.25) is 4.90 Å². The van der Waals surface area contributed by atoms with Gasteiger partial charge in [0.15, 0.2) is 0 Å². The maximum absolute atomic E-state index is 2.87. The van der Waals surface area contributed by atoms with E-state index in [2.05, 4.69) is 39.5 Å². The fraction of sp³-hybridized carbons (Fsp3) is 1.00. The first kappa shape index (κ1) is 15.4. The topological polar surface area (TPSA) is 3.24 Å². The summed E-state index contributed by atoms with van der Waals surface area (Å²) in [5, 5.41) is 0. The highest BCUT2D eigenvalue weighted by molar-refractivity contribution is 4.89. The molecule has 2 fully saturated rings. The van der Waals surface area contributed by atoms with Crippen molar-refractivity contribution in [2.24, 2.45) is 10.8 Å². The Hall–Kier alpha value is -0.0400. The standard InChI is InChI=1S/C18H35N/c1-6-19(15-7-11-17(2,3)12-8-15)16-9-13-18(4,5)14-10-16/h15-16H,6-14H2,1-5H3. The van der Waals surface area contributed by atoms with Crippen LogP contribution in [-0.4, -0.2) is 23.5 Å². The van der Waals surface area contributed by atoms with E-state index in [1.807, 2.05) is 0 Å². The van der Waals surface area contributed by atoms with Gasteiger partial charge in [-0.2, -0.15) is 0 Å². The molecule has 0 aromatic carbocycles. The summed E-state index contributed by atoms with van der Waals surface area (Å²) in [6.45, 7) is 13.4. The number of rotatable bonds is 3. The van der Waals surface area contributed by atoms with Crippen LogP contribution >= 0.6 is 0 Å². The van der Waals surface area contributed by atoms with Crippen LogP contribution in [0.2, 0.25) is 0 Å². The summed E-state index contributed by atoms with van der Waals surface area (Å²) < 4.78 is 0. The van der Waals surface area contributed by atoms with Gasteiger partial charge in [-0.05, 0) is 68.7 Å². The van der Waals surface area contributed by atoms with E-state index >= 15 is 0 Å². The smallest absolute Gasteiger partial charge is 0.00984 e. The van der Waals surface area contributed by atoms with Gasteiger partial charge in [0.05, 0.1) is 0 Å². The molecule has 1 nitrogen and oxygen atoms in total. The van der Waals surface area contributed by atoms with Crippen LogP contribution in [0.1, 0.15) is 86.0 Å². The van der Waals surface area contributed by atoms with E-state index in [0.717, 1.165) is 12.1 Å². The van der Waals surface area contributed by atoms with Gasteiger partial charge in [0.2, 0.25) is 0 Å². The maximum atomic E-state index is 2.87. The lowest BCUT2D eigenvalue weighted by atomic mass is 9.73. The quantitative estimate of drug-likeness (QED) is 0.674. The van der Waals surface area contributed by atoms with Gasteiger partial charge in [-0.15, -0.1) is 0 Å². The molecule has 112 valence electrons. The van der Waals surface area contributed by atoms with Crippen LogP contribution in [-0.2, 0) is 0 Å². The second kappa shape index (κ2) is 5.76. The Balaban J connectivity index is 1.90. The van der Waals surface area contributed by atoms with Crippen molar-refractivity contribution in [1.29, 1.82) is 0 Å². The average Bonchev–Trinajstić information content (AvgIpc) is 2.34. The minimum Gasteiger partial charge on any atom is -0.298 e. The highest BCUT2D eigenvalue weighted by atomic mass is 15.2. The molecule has 2 saturated carbocycles. The molecule has 0 aromatic rings. The molecule has 0 bridgehead atoms. The van der Waals surface area contributed by atoms with Crippen LogP contribution in [0.15, 0.2) is 0 Å². The van der Waals surface area contributed by atoms with E-state index in [4.69, 9.17) is 0 Å². The highest BCUT2D eigenvalue weighted by Gasteiger charge is 2.35. The molecule has 19 heavy (non-hydrogen) atoms. The second-order valence-electron chi connectivity index (χ2n) is 8.62. The molecule has 0 unspecified atom stereocenters. The summed E-state index contributed by atoms with van der Waals surface area (Å²) in [6, 6.07) is 1.76. The third-order valence-electron chi connectivity index (χ3n) is 5.92. The van der Waals surface area contributed by atoms with Gasteiger partial charge in [0.1, 0.15) is 0 Å². The van der Waals surface area contributed by atoms with Gasteiger partial charge in [0.25, 0.3) is 0 Å². The molecule has 0 radical (unpaired) electrons. The van der Waals surface area contributed by atoms with Crippen LogP contribution in [0.5, 0.6) is 0 Å². The summed E-state index contributed by atoms with van der Waals surface area (Å²) in [5.74, 6) is 0. The van der Waals surface area contributed by atoms with E-state index in [0.29, 0.717) is 10.8 Å². The molecule has 0 saturated heterocycles. The summed E-state index contributed by atoms with van der Waals surface area (Å²) in [5.41, 5.74) is 1.20.